The van der Waals surface area contributed by atoms with Gasteiger partial charge in [0.25, 0.3) is 0 Å². The molecule has 174 valence electrons. The predicted molar refractivity (Wildman–Crippen MR) is 129 cm³/mol. The van der Waals surface area contributed by atoms with E-state index in [9.17, 15) is 9.59 Å². The summed E-state index contributed by atoms with van der Waals surface area (Å²) in [5.41, 5.74) is 3.24. The van der Waals surface area contributed by atoms with Gasteiger partial charge < -0.3 is 10.6 Å². The molecule has 6 nitrogen and oxygen atoms in total. The van der Waals surface area contributed by atoms with E-state index in [-0.39, 0.29) is 23.7 Å². The van der Waals surface area contributed by atoms with Crippen molar-refractivity contribution in [1.29, 1.82) is 0 Å². The lowest BCUT2D eigenvalue weighted by atomic mass is 10.0. The van der Waals surface area contributed by atoms with Gasteiger partial charge in [-0.15, -0.1) is 0 Å². The number of carbonyl (C=O) groups is 2. The molecule has 1 saturated carbocycles. The molecule has 5 rings (SSSR count). The first-order valence-electron chi connectivity index (χ1n) is 12.0. The Morgan fingerprint density at radius 2 is 2.00 bits per heavy atom. The number of halogens is 1. The van der Waals surface area contributed by atoms with Gasteiger partial charge in [-0.05, 0) is 67.7 Å². The molecule has 0 radical (unpaired) electrons. The standard InChI is InChI=1S/C26H31ClN4O2/c1-16(32)24(19-8-2-3-9-22(19)27)31-14-20-21(15-31)23(20)26(33)29-13-5-7-18-11-10-17-6-4-12-28-25(17)30-18/h2-3,8-11,20-21,23-24H,4-7,12-15H2,1H3,(H,28,30)(H,29,33)/t20-,21+,23-,24?. The van der Waals surface area contributed by atoms with Crippen LogP contribution in [0.1, 0.15) is 42.6 Å². The quantitative estimate of drug-likeness (QED) is 0.581. The monoisotopic (exact) mass is 466 g/mol. The third-order valence-electron chi connectivity index (χ3n) is 7.34. The molecule has 0 spiro atoms. The largest absolute Gasteiger partial charge is 0.370 e. The number of carbonyl (C=O) groups excluding carboxylic acids is 2. The molecule has 2 fully saturated rings. The van der Waals surface area contributed by atoms with Gasteiger partial charge in [0.15, 0.2) is 5.78 Å². The van der Waals surface area contributed by atoms with Crippen LogP contribution in [0.3, 0.4) is 0 Å². The van der Waals surface area contributed by atoms with Crippen LogP contribution in [0.25, 0.3) is 0 Å². The van der Waals surface area contributed by atoms with E-state index in [1.165, 1.54) is 5.56 Å². The second-order valence-corrected chi connectivity index (χ2v) is 9.98. The van der Waals surface area contributed by atoms with Gasteiger partial charge in [-0.25, -0.2) is 4.98 Å². The lowest BCUT2D eigenvalue weighted by molar-refractivity contribution is -0.123. The van der Waals surface area contributed by atoms with Crippen molar-refractivity contribution in [2.75, 3.05) is 31.5 Å². The molecule has 0 bridgehead atoms. The highest BCUT2D eigenvalue weighted by Crippen LogP contribution is 2.53. The van der Waals surface area contributed by atoms with Crippen LogP contribution in [-0.4, -0.2) is 47.8 Å². The van der Waals surface area contributed by atoms with Gasteiger partial charge in [-0.3, -0.25) is 14.5 Å². The van der Waals surface area contributed by atoms with E-state index in [1.807, 2.05) is 24.3 Å². The summed E-state index contributed by atoms with van der Waals surface area (Å²) in [5.74, 6) is 2.02. The number of ketones is 1. The molecule has 1 amide bonds. The average Bonchev–Trinajstić information content (AvgIpc) is 3.32. The molecule has 3 aliphatic rings. The maximum atomic E-state index is 12.7. The molecule has 2 aliphatic heterocycles. The molecule has 7 heteroatoms. The van der Waals surface area contributed by atoms with Gasteiger partial charge in [0.2, 0.25) is 5.91 Å². The second kappa shape index (κ2) is 9.43. The maximum absolute atomic E-state index is 12.7. The van der Waals surface area contributed by atoms with E-state index >= 15 is 0 Å². The molecule has 1 aromatic heterocycles. The molecule has 33 heavy (non-hydrogen) atoms. The Hall–Kier alpha value is -2.44. The number of hydrogen-bond donors (Lipinski definition) is 2. The SMILES string of the molecule is CC(=O)C(c1ccccc1Cl)N1C[C@@H]2[C@H](C1)[C@@H]2C(=O)NCCCc1ccc2c(n1)NCCC2. The van der Waals surface area contributed by atoms with Crippen molar-refractivity contribution < 1.29 is 9.59 Å². The Morgan fingerprint density at radius 3 is 2.76 bits per heavy atom. The number of fused-ring (bicyclic) bond motifs is 2. The normalized spacial score (nSPS) is 24.4. The molecule has 2 aromatic rings. The number of amides is 1. The molecule has 4 atom stereocenters. The van der Waals surface area contributed by atoms with Crippen LogP contribution in [-0.2, 0) is 22.4 Å². The number of nitrogens with one attached hydrogen (secondary N) is 2. The van der Waals surface area contributed by atoms with Crippen molar-refractivity contribution in [2.24, 2.45) is 17.8 Å². The summed E-state index contributed by atoms with van der Waals surface area (Å²) < 4.78 is 0. The van der Waals surface area contributed by atoms with Gasteiger partial charge in [0.1, 0.15) is 5.82 Å². The van der Waals surface area contributed by atoms with Crippen LogP contribution in [0, 0.1) is 17.8 Å². The van der Waals surface area contributed by atoms with E-state index < -0.39 is 0 Å². The van der Waals surface area contributed by atoms with Gasteiger partial charge in [0.05, 0.1) is 6.04 Å². The summed E-state index contributed by atoms with van der Waals surface area (Å²) >= 11 is 6.37. The van der Waals surface area contributed by atoms with E-state index in [0.717, 1.165) is 62.4 Å². The van der Waals surface area contributed by atoms with Gasteiger partial charge >= 0.3 is 0 Å². The Labute approximate surface area is 200 Å². The molecule has 1 aliphatic carbocycles. The summed E-state index contributed by atoms with van der Waals surface area (Å²) in [4.78, 5) is 32.0. The van der Waals surface area contributed by atoms with E-state index in [2.05, 4.69) is 27.7 Å². The first-order chi connectivity index (χ1) is 16.0. The Balaban J connectivity index is 1.08. The zero-order chi connectivity index (χ0) is 22.9. The fourth-order valence-electron chi connectivity index (χ4n) is 5.64. The Morgan fingerprint density at radius 1 is 1.21 bits per heavy atom. The zero-order valence-electron chi connectivity index (χ0n) is 19.0. The highest BCUT2D eigenvalue weighted by molar-refractivity contribution is 6.31. The first-order valence-corrected chi connectivity index (χ1v) is 12.4. The average molecular weight is 467 g/mol. The summed E-state index contributed by atoms with van der Waals surface area (Å²) in [6.45, 7) is 4.82. The number of aryl methyl sites for hydroxylation is 2. The van der Waals surface area contributed by atoms with Crippen molar-refractivity contribution in [2.45, 2.75) is 38.6 Å². The number of piperidine rings is 1. The summed E-state index contributed by atoms with van der Waals surface area (Å²) in [6, 6.07) is 11.5. The number of hydrogen-bond acceptors (Lipinski definition) is 5. The maximum Gasteiger partial charge on any atom is 0.223 e. The van der Waals surface area contributed by atoms with Crippen LogP contribution in [0.2, 0.25) is 5.02 Å². The number of pyridine rings is 1. The Bertz CT molecular complexity index is 1050. The highest BCUT2D eigenvalue weighted by Gasteiger charge is 2.60. The third kappa shape index (κ3) is 4.64. The van der Waals surface area contributed by atoms with Crippen molar-refractivity contribution in [3.05, 3.63) is 58.2 Å². The molecular formula is C26H31ClN4O2. The van der Waals surface area contributed by atoms with Crippen LogP contribution < -0.4 is 10.6 Å². The van der Waals surface area contributed by atoms with E-state index in [0.29, 0.717) is 23.4 Å². The number of aromatic nitrogens is 1. The number of nitrogens with zero attached hydrogens (tertiary/aromatic N) is 2. The van der Waals surface area contributed by atoms with Crippen molar-refractivity contribution in [3.63, 3.8) is 0 Å². The van der Waals surface area contributed by atoms with Crippen LogP contribution in [0.4, 0.5) is 5.82 Å². The minimum absolute atomic E-state index is 0.0752. The fraction of sp³-hybridized carbons (Fsp3) is 0.500. The molecule has 3 heterocycles. The van der Waals surface area contributed by atoms with Gasteiger partial charge in [0, 0.05) is 42.8 Å². The molecule has 2 N–H and O–H groups in total. The van der Waals surface area contributed by atoms with E-state index in [4.69, 9.17) is 16.6 Å². The second-order valence-electron chi connectivity index (χ2n) is 9.58. The summed E-state index contributed by atoms with van der Waals surface area (Å²) in [6.07, 6.45) is 4.00. The topological polar surface area (TPSA) is 74.3 Å². The molecule has 1 unspecified atom stereocenters. The zero-order valence-corrected chi connectivity index (χ0v) is 19.8. The third-order valence-corrected chi connectivity index (χ3v) is 7.68. The lowest BCUT2D eigenvalue weighted by Gasteiger charge is -2.28. The highest BCUT2D eigenvalue weighted by atomic mass is 35.5. The summed E-state index contributed by atoms with van der Waals surface area (Å²) in [7, 11) is 0. The summed E-state index contributed by atoms with van der Waals surface area (Å²) in [5, 5.41) is 7.12. The first kappa shape index (κ1) is 22.4. The van der Waals surface area contributed by atoms with Crippen molar-refractivity contribution >= 4 is 29.1 Å². The molecular weight excluding hydrogens is 436 g/mol. The van der Waals surface area contributed by atoms with Gasteiger partial charge in [-0.2, -0.15) is 0 Å². The van der Waals surface area contributed by atoms with Crippen LogP contribution >= 0.6 is 11.6 Å². The number of rotatable bonds is 8. The number of likely N-dealkylation sites (tertiary alicyclic amines) is 1. The minimum atomic E-state index is -0.325. The molecule has 1 aromatic carbocycles. The molecule has 1 saturated heterocycles. The van der Waals surface area contributed by atoms with Crippen molar-refractivity contribution in [1.82, 2.24) is 15.2 Å². The van der Waals surface area contributed by atoms with Gasteiger partial charge in [-0.1, -0.05) is 35.9 Å². The minimum Gasteiger partial charge on any atom is -0.370 e. The Kier molecular flexibility index (Phi) is 6.39. The lowest BCUT2D eigenvalue weighted by Crippen LogP contribution is -2.36. The number of benzene rings is 1. The number of anilines is 1. The smallest absolute Gasteiger partial charge is 0.223 e. The number of Topliss-reactive ketones (excluding diaryl/α,β-unsaturated/α-hetero) is 1. The van der Waals surface area contributed by atoms with E-state index in [1.54, 1.807) is 6.92 Å². The fourth-order valence-corrected chi connectivity index (χ4v) is 5.87. The van der Waals surface area contributed by atoms with Crippen LogP contribution in [0.15, 0.2) is 36.4 Å². The predicted octanol–water partition coefficient (Wildman–Crippen LogP) is 3.65. The van der Waals surface area contributed by atoms with Crippen LogP contribution in [0.5, 0.6) is 0 Å². The van der Waals surface area contributed by atoms with Crippen molar-refractivity contribution in [3.8, 4) is 0 Å².